The maximum absolute atomic E-state index is 12.9. The number of ether oxygens (including phenoxy) is 1. The number of benzene rings is 2. The Hall–Kier alpha value is -2.82. The minimum Gasteiger partial charge on any atom is -0.481 e. The Kier molecular flexibility index (Phi) is 6.26. The van der Waals surface area contributed by atoms with Crippen LogP contribution in [0.1, 0.15) is 50.7 Å². The van der Waals surface area contributed by atoms with Crippen molar-refractivity contribution in [1.82, 2.24) is 4.90 Å². The number of rotatable bonds is 6. The first-order chi connectivity index (χ1) is 13.8. The highest BCUT2D eigenvalue weighted by Crippen LogP contribution is 2.36. The molecular weight excluding hydrogens is 366 g/mol. The summed E-state index contributed by atoms with van der Waals surface area (Å²) in [6.07, 6.45) is 0.174. The Morgan fingerprint density at radius 2 is 1.66 bits per heavy atom. The summed E-state index contributed by atoms with van der Waals surface area (Å²) in [6, 6.07) is 17.1. The number of piperidine rings is 1. The molecule has 0 aromatic heterocycles. The number of carbonyl (C=O) groups excluding carboxylic acids is 1. The van der Waals surface area contributed by atoms with Gasteiger partial charge in [0.1, 0.15) is 5.75 Å². The first-order valence-electron chi connectivity index (χ1n) is 10.2. The van der Waals surface area contributed by atoms with Gasteiger partial charge in [0.25, 0.3) is 5.91 Å². The van der Waals surface area contributed by atoms with Gasteiger partial charge < -0.3 is 14.7 Å². The van der Waals surface area contributed by atoms with E-state index >= 15 is 0 Å². The molecule has 1 fully saturated rings. The first kappa shape index (κ1) is 20.9. The van der Waals surface area contributed by atoms with Crippen molar-refractivity contribution < 1.29 is 19.4 Å². The Morgan fingerprint density at radius 1 is 1.00 bits per heavy atom. The molecule has 1 heterocycles. The Balaban J connectivity index is 1.66. The second-order valence-electron chi connectivity index (χ2n) is 8.07. The summed E-state index contributed by atoms with van der Waals surface area (Å²) in [5.74, 6) is 0.129. The molecule has 1 N–H and O–H groups in total. The predicted molar refractivity (Wildman–Crippen MR) is 112 cm³/mol. The maximum atomic E-state index is 12.9. The van der Waals surface area contributed by atoms with Gasteiger partial charge in [-0.05, 0) is 48.9 Å². The van der Waals surface area contributed by atoms with Crippen LogP contribution in [0.2, 0.25) is 0 Å². The molecule has 1 unspecified atom stereocenters. The molecule has 1 saturated heterocycles. The molecule has 1 amide bonds. The number of hydrogen-bond acceptors (Lipinski definition) is 3. The molecule has 1 atom stereocenters. The molecule has 1 aliphatic rings. The largest absolute Gasteiger partial charge is 0.481 e. The fraction of sp³-hybridized carbons (Fsp3) is 0.417. The third-order valence-electron chi connectivity index (χ3n) is 5.85. The topological polar surface area (TPSA) is 66.8 Å². The monoisotopic (exact) mass is 395 g/mol. The van der Waals surface area contributed by atoms with E-state index in [2.05, 4.69) is 13.8 Å². The van der Waals surface area contributed by atoms with E-state index in [1.165, 1.54) is 0 Å². The lowest BCUT2D eigenvalue weighted by atomic mass is 9.73. The Morgan fingerprint density at radius 3 is 2.24 bits per heavy atom. The van der Waals surface area contributed by atoms with Gasteiger partial charge in [0.15, 0.2) is 6.10 Å². The van der Waals surface area contributed by atoms with Crippen molar-refractivity contribution in [2.24, 2.45) is 0 Å². The summed E-state index contributed by atoms with van der Waals surface area (Å²) in [6.45, 7) is 6.78. The van der Waals surface area contributed by atoms with Crippen molar-refractivity contribution in [3.8, 4) is 5.75 Å². The normalized spacial score (nSPS) is 17.0. The van der Waals surface area contributed by atoms with Crippen molar-refractivity contribution in [2.75, 3.05) is 13.1 Å². The van der Waals surface area contributed by atoms with E-state index in [1.807, 2.05) is 54.6 Å². The maximum Gasteiger partial charge on any atom is 0.314 e. The SMILES string of the molecule is CC(Oc1cccc(C(C)C)c1)C(=O)N1CCC(C(=O)O)(c2ccccc2)CC1. The van der Waals surface area contributed by atoms with Crippen molar-refractivity contribution in [3.05, 3.63) is 65.7 Å². The van der Waals surface area contributed by atoms with Crippen molar-refractivity contribution >= 4 is 11.9 Å². The summed E-state index contributed by atoms with van der Waals surface area (Å²) < 4.78 is 5.90. The van der Waals surface area contributed by atoms with Crippen molar-refractivity contribution in [2.45, 2.75) is 51.0 Å². The summed E-state index contributed by atoms with van der Waals surface area (Å²) >= 11 is 0. The number of carbonyl (C=O) groups is 2. The van der Waals surface area contributed by atoms with Crippen LogP contribution in [-0.4, -0.2) is 41.1 Å². The van der Waals surface area contributed by atoms with E-state index in [4.69, 9.17) is 4.74 Å². The van der Waals surface area contributed by atoms with Crippen LogP contribution in [0, 0.1) is 0 Å². The zero-order valence-electron chi connectivity index (χ0n) is 17.3. The van der Waals surface area contributed by atoms with Crippen LogP contribution in [0.5, 0.6) is 5.75 Å². The van der Waals surface area contributed by atoms with Gasteiger partial charge in [-0.2, -0.15) is 0 Å². The number of nitrogens with zero attached hydrogens (tertiary/aromatic N) is 1. The number of amides is 1. The van der Waals surface area contributed by atoms with Gasteiger partial charge in [0, 0.05) is 13.1 Å². The standard InChI is InChI=1S/C24H29NO4/c1-17(2)19-8-7-11-21(16-19)29-18(3)22(26)25-14-12-24(13-15-25,23(27)28)20-9-5-4-6-10-20/h4-11,16-18H,12-15H2,1-3H3,(H,27,28). The molecule has 3 rings (SSSR count). The molecule has 0 radical (unpaired) electrons. The average Bonchev–Trinajstić information content (AvgIpc) is 2.74. The molecule has 0 bridgehead atoms. The summed E-state index contributed by atoms with van der Waals surface area (Å²) in [7, 11) is 0. The fourth-order valence-corrected chi connectivity index (χ4v) is 3.95. The number of carboxylic acid groups (broad SMARTS) is 1. The van der Waals surface area contributed by atoms with Gasteiger partial charge in [-0.1, -0.05) is 56.3 Å². The zero-order chi connectivity index (χ0) is 21.0. The third-order valence-corrected chi connectivity index (χ3v) is 5.85. The smallest absolute Gasteiger partial charge is 0.314 e. The predicted octanol–water partition coefficient (Wildman–Crippen LogP) is 4.22. The van der Waals surface area contributed by atoms with E-state index in [9.17, 15) is 14.7 Å². The molecule has 2 aromatic carbocycles. The van der Waals surface area contributed by atoms with Crippen LogP contribution < -0.4 is 4.74 Å². The van der Waals surface area contributed by atoms with Crippen LogP contribution in [0.25, 0.3) is 0 Å². The molecule has 29 heavy (non-hydrogen) atoms. The highest BCUT2D eigenvalue weighted by atomic mass is 16.5. The van der Waals surface area contributed by atoms with Crippen LogP contribution in [0.3, 0.4) is 0 Å². The summed E-state index contributed by atoms with van der Waals surface area (Å²) in [5.41, 5.74) is 1.02. The lowest BCUT2D eigenvalue weighted by molar-refractivity contribution is -0.149. The van der Waals surface area contributed by atoms with Crippen molar-refractivity contribution in [1.29, 1.82) is 0 Å². The third kappa shape index (κ3) is 4.44. The molecule has 1 aliphatic heterocycles. The highest BCUT2D eigenvalue weighted by molar-refractivity contribution is 5.84. The molecule has 0 spiro atoms. The number of aliphatic carboxylic acids is 1. The van der Waals surface area contributed by atoms with E-state index < -0.39 is 17.5 Å². The van der Waals surface area contributed by atoms with Crippen LogP contribution in [0.15, 0.2) is 54.6 Å². The summed E-state index contributed by atoms with van der Waals surface area (Å²) in [5, 5.41) is 9.91. The molecule has 2 aromatic rings. The molecule has 0 aliphatic carbocycles. The second kappa shape index (κ2) is 8.68. The van der Waals surface area contributed by atoms with Crippen LogP contribution in [-0.2, 0) is 15.0 Å². The number of hydrogen-bond donors (Lipinski definition) is 1. The van der Waals surface area contributed by atoms with Crippen molar-refractivity contribution in [3.63, 3.8) is 0 Å². The molecule has 0 saturated carbocycles. The Bertz CT molecular complexity index is 854. The van der Waals surface area contributed by atoms with Gasteiger partial charge >= 0.3 is 5.97 Å². The molecule has 5 heteroatoms. The van der Waals surface area contributed by atoms with Crippen LogP contribution in [0.4, 0.5) is 0 Å². The van der Waals surface area contributed by atoms with E-state index in [0.29, 0.717) is 37.6 Å². The van der Waals surface area contributed by atoms with E-state index in [0.717, 1.165) is 11.1 Å². The minimum absolute atomic E-state index is 0.105. The second-order valence-corrected chi connectivity index (χ2v) is 8.07. The van der Waals surface area contributed by atoms with Gasteiger partial charge in [0.05, 0.1) is 5.41 Å². The lowest BCUT2D eigenvalue weighted by Gasteiger charge is -2.40. The van der Waals surface area contributed by atoms with Crippen LogP contribution >= 0.6 is 0 Å². The van der Waals surface area contributed by atoms with Gasteiger partial charge in [0.2, 0.25) is 0 Å². The molecule has 154 valence electrons. The average molecular weight is 395 g/mol. The van der Waals surface area contributed by atoms with Gasteiger partial charge in [-0.15, -0.1) is 0 Å². The number of likely N-dealkylation sites (tertiary alicyclic amines) is 1. The zero-order valence-corrected chi connectivity index (χ0v) is 17.3. The molecular formula is C24H29NO4. The minimum atomic E-state index is -0.937. The lowest BCUT2D eigenvalue weighted by Crippen LogP contribution is -2.51. The number of carboxylic acids is 1. The quantitative estimate of drug-likeness (QED) is 0.795. The fourth-order valence-electron chi connectivity index (χ4n) is 3.95. The first-order valence-corrected chi connectivity index (χ1v) is 10.2. The van der Waals surface area contributed by atoms with Gasteiger partial charge in [-0.3, -0.25) is 9.59 Å². The highest BCUT2D eigenvalue weighted by Gasteiger charge is 2.44. The van der Waals surface area contributed by atoms with Gasteiger partial charge in [-0.25, -0.2) is 0 Å². The van der Waals surface area contributed by atoms with E-state index in [1.54, 1.807) is 11.8 Å². The van der Waals surface area contributed by atoms with E-state index in [-0.39, 0.29) is 5.91 Å². The molecule has 5 nitrogen and oxygen atoms in total. The summed E-state index contributed by atoms with van der Waals surface area (Å²) in [4.78, 5) is 26.7. The Labute approximate surface area is 172 Å².